The second-order valence-corrected chi connectivity index (χ2v) is 7.85. The molecule has 1 atom stereocenters. The molecule has 1 aromatic carbocycles. The Bertz CT molecular complexity index is 630. The van der Waals surface area contributed by atoms with E-state index in [1.54, 1.807) is 16.7 Å². The zero-order valence-electron chi connectivity index (χ0n) is 14.4. The van der Waals surface area contributed by atoms with Gasteiger partial charge >= 0.3 is 0 Å². The van der Waals surface area contributed by atoms with Crippen molar-refractivity contribution in [2.24, 2.45) is 5.92 Å². The van der Waals surface area contributed by atoms with E-state index >= 15 is 0 Å². The Hall–Kier alpha value is -1.53. The maximum absolute atomic E-state index is 12.8. The first kappa shape index (κ1) is 17.3. The fourth-order valence-electron chi connectivity index (χ4n) is 3.35. The maximum atomic E-state index is 12.8. The minimum Gasteiger partial charge on any atom is -0.372 e. The second-order valence-electron chi connectivity index (χ2n) is 6.97. The van der Waals surface area contributed by atoms with Crippen LogP contribution in [0.25, 0.3) is 0 Å². The van der Waals surface area contributed by atoms with Crippen LogP contribution < -0.4 is 4.90 Å². The summed E-state index contributed by atoms with van der Waals surface area (Å²) in [5.74, 6) is -0.160. The highest BCUT2D eigenvalue weighted by molar-refractivity contribution is 7.98. The third kappa shape index (κ3) is 3.59. The van der Waals surface area contributed by atoms with Crippen molar-refractivity contribution < 1.29 is 14.3 Å². The normalized spacial score (nSPS) is 23.6. The van der Waals surface area contributed by atoms with Crippen LogP contribution >= 0.6 is 11.8 Å². The number of amides is 2. The van der Waals surface area contributed by atoms with Gasteiger partial charge in [-0.3, -0.25) is 9.59 Å². The molecule has 0 aliphatic carbocycles. The zero-order valence-corrected chi connectivity index (χ0v) is 15.3. The first-order valence-electron chi connectivity index (χ1n) is 8.27. The topological polar surface area (TPSA) is 49.9 Å². The Morgan fingerprint density at radius 2 is 2.00 bits per heavy atom. The lowest BCUT2D eigenvalue weighted by Gasteiger charge is -2.39. The van der Waals surface area contributed by atoms with Crippen molar-refractivity contribution in [3.63, 3.8) is 0 Å². The van der Waals surface area contributed by atoms with Crippen LogP contribution in [-0.2, 0) is 14.3 Å². The summed E-state index contributed by atoms with van der Waals surface area (Å²) >= 11 is 1.67. The number of nitrogens with zero attached hydrogens (tertiary/aromatic N) is 2. The second kappa shape index (κ2) is 6.76. The van der Waals surface area contributed by atoms with Crippen molar-refractivity contribution in [1.29, 1.82) is 0 Å². The van der Waals surface area contributed by atoms with Crippen molar-refractivity contribution in [2.75, 3.05) is 37.4 Å². The minimum absolute atomic E-state index is 0.0257. The number of benzene rings is 1. The molecular weight excluding hydrogens is 324 g/mol. The third-order valence-corrected chi connectivity index (χ3v) is 5.34. The minimum atomic E-state index is -0.316. The van der Waals surface area contributed by atoms with Crippen molar-refractivity contribution in [2.45, 2.75) is 30.8 Å². The summed E-state index contributed by atoms with van der Waals surface area (Å²) in [6.07, 6.45) is 2.31. The summed E-state index contributed by atoms with van der Waals surface area (Å²) in [6.45, 7) is 6.19. The molecular formula is C18H24N2O3S. The molecule has 1 aromatic rings. The lowest BCUT2D eigenvalue weighted by atomic mass is 10.0. The molecule has 2 aliphatic rings. The summed E-state index contributed by atoms with van der Waals surface area (Å²) in [5, 5.41) is 0. The van der Waals surface area contributed by atoms with Crippen LogP contribution in [0.5, 0.6) is 0 Å². The van der Waals surface area contributed by atoms with Gasteiger partial charge in [-0.1, -0.05) is 0 Å². The fourth-order valence-corrected chi connectivity index (χ4v) is 3.76. The molecule has 130 valence electrons. The molecule has 0 N–H and O–H groups in total. The number of thioether (sulfide) groups is 1. The lowest BCUT2D eigenvalue weighted by Crippen LogP contribution is -2.52. The Labute approximate surface area is 147 Å². The van der Waals surface area contributed by atoms with Crippen molar-refractivity contribution in [3.8, 4) is 0 Å². The molecule has 0 radical (unpaired) electrons. The summed E-state index contributed by atoms with van der Waals surface area (Å²) < 4.78 is 5.67. The molecule has 2 fully saturated rings. The van der Waals surface area contributed by atoms with Crippen LogP contribution in [0.2, 0.25) is 0 Å². The van der Waals surface area contributed by atoms with E-state index in [1.165, 1.54) is 0 Å². The number of carbonyl (C=O) groups excluding carboxylic acids is 2. The van der Waals surface area contributed by atoms with Crippen LogP contribution in [0.1, 0.15) is 20.3 Å². The summed E-state index contributed by atoms with van der Waals surface area (Å²) in [7, 11) is 0. The Morgan fingerprint density at radius 3 is 2.62 bits per heavy atom. The quantitative estimate of drug-likeness (QED) is 0.787. The first-order valence-corrected chi connectivity index (χ1v) is 9.49. The number of hydrogen-bond acceptors (Lipinski definition) is 4. The van der Waals surface area contributed by atoms with Gasteiger partial charge in [-0.2, -0.15) is 0 Å². The van der Waals surface area contributed by atoms with E-state index in [0.717, 1.165) is 10.6 Å². The highest BCUT2D eigenvalue weighted by Gasteiger charge is 2.39. The lowest BCUT2D eigenvalue weighted by molar-refractivity contribution is -0.149. The summed E-state index contributed by atoms with van der Waals surface area (Å²) in [5.41, 5.74) is 0.555. The van der Waals surface area contributed by atoms with Crippen LogP contribution in [0.4, 0.5) is 5.69 Å². The van der Waals surface area contributed by atoms with Gasteiger partial charge in [0.1, 0.15) is 0 Å². The molecule has 2 heterocycles. The molecule has 0 saturated carbocycles. The van der Waals surface area contributed by atoms with Gasteiger partial charge in [0.15, 0.2) is 0 Å². The highest BCUT2D eigenvalue weighted by Crippen LogP contribution is 2.29. The largest absolute Gasteiger partial charge is 0.372 e. The number of carbonyl (C=O) groups is 2. The average molecular weight is 348 g/mol. The molecule has 5 nitrogen and oxygen atoms in total. The molecule has 3 rings (SSSR count). The SMILES string of the molecule is CSc1ccc(N2CC(C(=O)N3CCOC(C)(C)C3)CC2=O)cc1. The number of morpholine rings is 1. The molecule has 0 bridgehead atoms. The standard InChI is InChI=1S/C18H24N2O3S/c1-18(2)12-19(8-9-23-18)17(22)13-10-16(21)20(11-13)14-4-6-15(24-3)7-5-14/h4-7,13H,8-12H2,1-3H3. The molecule has 2 aliphatic heterocycles. The van der Waals surface area contributed by atoms with Gasteiger partial charge in [0.2, 0.25) is 11.8 Å². The van der Waals surface area contributed by atoms with Gasteiger partial charge in [-0.25, -0.2) is 0 Å². The number of ether oxygens (including phenoxy) is 1. The van der Waals surface area contributed by atoms with Crippen LogP contribution in [0, 0.1) is 5.92 Å². The van der Waals surface area contributed by atoms with E-state index in [9.17, 15) is 9.59 Å². The highest BCUT2D eigenvalue weighted by atomic mass is 32.2. The maximum Gasteiger partial charge on any atom is 0.228 e. The van der Waals surface area contributed by atoms with Gasteiger partial charge in [0.25, 0.3) is 0 Å². The van der Waals surface area contributed by atoms with Gasteiger partial charge in [-0.15, -0.1) is 11.8 Å². The third-order valence-electron chi connectivity index (χ3n) is 4.60. The molecule has 1 unspecified atom stereocenters. The van der Waals surface area contributed by atoms with E-state index in [4.69, 9.17) is 4.74 Å². The summed E-state index contributed by atoms with van der Waals surface area (Å²) in [6, 6.07) is 7.92. The van der Waals surface area contributed by atoms with Crippen LogP contribution in [0.3, 0.4) is 0 Å². The van der Waals surface area contributed by atoms with Crippen molar-refractivity contribution in [3.05, 3.63) is 24.3 Å². The molecule has 24 heavy (non-hydrogen) atoms. The molecule has 0 aromatic heterocycles. The predicted octanol–water partition coefficient (Wildman–Crippen LogP) is 2.40. The Balaban J connectivity index is 1.68. The van der Waals surface area contributed by atoms with Gasteiger partial charge in [0, 0.05) is 36.6 Å². The monoisotopic (exact) mass is 348 g/mol. The number of hydrogen-bond donors (Lipinski definition) is 0. The van der Waals surface area contributed by atoms with Crippen LogP contribution in [0.15, 0.2) is 29.2 Å². The van der Waals surface area contributed by atoms with Gasteiger partial charge < -0.3 is 14.5 Å². The molecule has 0 spiro atoms. The zero-order chi connectivity index (χ0) is 17.3. The van der Waals surface area contributed by atoms with E-state index in [0.29, 0.717) is 32.7 Å². The average Bonchev–Trinajstić information content (AvgIpc) is 2.95. The van der Waals surface area contributed by atoms with E-state index in [1.807, 2.05) is 49.3 Å². The van der Waals surface area contributed by atoms with Gasteiger partial charge in [-0.05, 0) is 44.4 Å². The van der Waals surface area contributed by atoms with E-state index < -0.39 is 0 Å². The van der Waals surface area contributed by atoms with Gasteiger partial charge in [0.05, 0.1) is 18.1 Å². The molecule has 2 saturated heterocycles. The van der Waals surface area contributed by atoms with Crippen LogP contribution in [-0.4, -0.2) is 54.8 Å². The Kier molecular flexibility index (Phi) is 4.88. The molecule has 6 heteroatoms. The first-order chi connectivity index (χ1) is 11.4. The number of anilines is 1. The predicted molar refractivity (Wildman–Crippen MR) is 95.3 cm³/mol. The smallest absolute Gasteiger partial charge is 0.228 e. The fraction of sp³-hybridized carbons (Fsp3) is 0.556. The molecule has 2 amide bonds. The summed E-state index contributed by atoms with van der Waals surface area (Å²) in [4.78, 5) is 29.9. The van der Waals surface area contributed by atoms with Crippen molar-refractivity contribution >= 4 is 29.3 Å². The van der Waals surface area contributed by atoms with Crippen molar-refractivity contribution in [1.82, 2.24) is 4.90 Å². The Morgan fingerprint density at radius 1 is 1.29 bits per heavy atom. The van der Waals surface area contributed by atoms with E-state index in [2.05, 4.69) is 0 Å². The number of rotatable bonds is 3. The van der Waals surface area contributed by atoms with E-state index in [-0.39, 0.29) is 23.3 Å².